The minimum atomic E-state index is -1.10. The van der Waals surface area contributed by atoms with Gasteiger partial charge in [-0.15, -0.1) is 0 Å². The van der Waals surface area contributed by atoms with E-state index in [0.29, 0.717) is 13.0 Å². The summed E-state index contributed by atoms with van der Waals surface area (Å²) in [6.45, 7) is 2.32. The van der Waals surface area contributed by atoms with Crippen LogP contribution in [0.25, 0.3) is 0 Å². The molecule has 5 heteroatoms. The van der Waals surface area contributed by atoms with E-state index in [2.05, 4.69) is 0 Å². The zero-order chi connectivity index (χ0) is 12.4. The van der Waals surface area contributed by atoms with Gasteiger partial charge in [0, 0.05) is 18.7 Å². The minimum Gasteiger partial charge on any atom is -0.479 e. The SMILES string of the molecule is Cc1ccc(N2CCC(C(=O)O)OC2=O)cc1. The summed E-state index contributed by atoms with van der Waals surface area (Å²) in [5.41, 5.74) is 1.83. The summed E-state index contributed by atoms with van der Waals surface area (Å²) in [5, 5.41) is 8.75. The Kier molecular flexibility index (Phi) is 2.99. The van der Waals surface area contributed by atoms with E-state index in [1.807, 2.05) is 31.2 Å². The number of aliphatic carboxylic acids is 1. The van der Waals surface area contributed by atoms with Crippen LogP contribution in [0.4, 0.5) is 10.5 Å². The monoisotopic (exact) mass is 235 g/mol. The number of rotatable bonds is 2. The molecule has 1 fully saturated rings. The Balaban J connectivity index is 2.12. The summed E-state index contributed by atoms with van der Waals surface area (Å²) < 4.78 is 4.83. The van der Waals surface area contributed by atoms with Gasteiger partial charge in [0.05, 0.1) is 0 Å². The number of anilines is 1. The first-order valence-electron chi connectivity index (χ1n) is 5.35. The quantitative estimate of drug-likeness (QED) is 0.848. The van der Waals surface area contributed by atoms with E-state index >= 15 is 0 Å². The first-order chi connectivity index (χ1) is 8.08. The fourth-order valence-electron chi connectivity index (χ4n) is 1.71. The second kappa shape index (κ2) is 4.45. The molecule has 90 valence electrons. The van der Waals surface area contributed by atoms with Crippen LogP contribution in [0.5, 0.6) is 0 Å². The average molecular weight is 235 g/mol. The van der Waals surface area contributed by atoms with Gasteiger partial charge in [-0.1, -0.05) is 17.7 Å². The first-order valence-corrected chi connectivity index (χ1v) is 5.35. The topological polar surface area (TPSA) is 66.8 Å². The highest BCUT2D eigenvalue weighted by molar-refractivity contribution is 5.90. The third-order valence-corrected chi connectivity index (χ3v) is 2.70. The summed E-state index contributed by atoms with van der Waals surface area (Å²) in [6, 6.07) is 7.42. The molecule has 1 heterocycles. The molecule has 1 unspecified atom stereocenters. The second-order valence-electron chi connectivity index (χ2n) is 3.99. The van der Waals surface area contributed by atoms with Gasteiger partial charge >= 0.3 is 12.1 Å². The van der Waals surface area contributed by atoms with Crippen molar-refractivity contribution in [3.63, 3.8) is 0 Å². The Morgan fingerprint density at radius 3 is 2.59 bits per heavy atom. The highest BCUT2D eigenvalue weighted by Crippen LogP contribution is 2.21. The van der Waals surface area contributed by atoms with Crippen LogP contribution in [-0.2, 0) is 9.53 Å². The van der Waals surface area contributed by atoms with Crippen molar-refractivity contribution in [1.29, 1.82) is 0 Å². The largest absolute Gasteiger partial charge is 0.479 e. The maximum absolute atomic E-state index is 11.6. The lowest BCUT2D eigenvalue weighted by Gasteiger charge is -2.29. The summed E-state index contributed by atoms with van der Waals surface area (Å²) in [7, 11) is 0. The van der Waals surface area contributed by atoms with Crippen molar-refractivity contribution in [2.24, 2.45) is 0 Å². The van der Waals surface area contributed by atoms with E-state index in [9.17, 15) is 9.59 Å². The maximum atomic E-state index is 11.6. The third kappa shape index (κ3) is 2.38. The van der Waals surface area contributed by atoms with Crippen LogP contribution in [0.15, 0.2) is 24.3 Å². The van der Waals surface area contributed by atoms with Gasteiger partial charge in [0.15, 0.2) is 0 Å². The molecule has 1 atom stereocenters. The molecule has 2 rings (SSSR count). The fraction of sp³-hybridized carbons (Fsp3) is 0.333. The van der Waals surface area contributed by atoms with Crippen molar-refractivity contribution in [1.82, 2.24) is 0 Å². The number of carbonyl (C=O) groups excluding carboxylic acids is 1. The average Bonchev–Trinajstić information content (AvgIpc) is 2.30. The molecule has 1 aromatic carbocycles. The van der Waals surface area contributed by atoms with Crippen LogP contribution in [0.2, 0.25) is 0 Å². The molecule has 0 saturated carbocycles. The van der Waals surface area contributed by atoms with Gasteiger partial charge in [-0.2, -0.15) is 0 Å². The molecule has 0 bridgehead atoms. The van der Waals surface area contributed by atoms with Gasteiger partial charge in [0.25, 0.3) is 0 Å². The molecular weight excluding hydrogens is 222 g/mol. The first kappa shape index (κ1) is 11.4. The Labute approximate surface area is 98.6 Å². The Bertz CT molecular complexity index is 440. The summed E-state index contributed by atoms with van der Waals surface area (Å²) >= 11 is 0. The number of carboxylic acid groups (broad SMARTS) is 1. The molecular formula is C12H13NO4. The van der Waals surface area contributed by atoms with Crippen molar-refractivity contribution < 1.29 is 19.4 Å². The van der Waals surface area contributed by atoms with Gasteiger partial charge in [-0.05, 0) is 19.1 Å². The van der Waals surface area contributed by atoms with Crippen LogP contribution in [0.3, 0.4) is 0 Å². The number of nitrogens with zero attached hydrogens (tertiary/aromatic N) is 1. The van der Waals surface area contributed by atoms with Gasteiger partial charge in [-0.25, -0.2) is 9.59 Å². The third-order valence-electron chi connectivity index (χ3n) is 2.70. The van der Waals surface area contributed by atoms with Crippen molar-refractivity contribution in [3.05, 3.63) is 29.8 Å². The molecule has 1 saturated heterocycles. The Morgan fingerprint density at radius 2 is 2.06 bits per heavy atom. The van der Waals surface area contributed by atoms with Crippen molar-refractivity contribution >= 4 is 17.7 Å². The maximum Gasteiger partial charge on any atom is 0.415 e. The molecule has 0 aliphatic carbocycles. The lowest BCUT2D eigenvalue weighted by molar-refractivity contribution is -0.147. The van der Waals surface area contributed by atoms with Crippen LogP contribution in [0.1, 0.15) is 12.0 Å². The molecule has 0 aromatic heterocycles. The summed E-state index contributed by atoms with van der Waals surface area (Å²) in [6.07, 6.45) is -1.33. The molecule has 0 radical (unpaired) electrons. The highest BCUT2D eigenvalue weighted by Gasteiger charge is 2.32. The van der Waals surface area contributed by atoms with Crippen molar-refractivity contribution in [3.8, 4) is 0 Å². The molecule has 1 aromatic rings. The number of carbonyl (C=O) groups is 2. The van der Waals surface area contributed by atoms with E-state index in [1.165, 1.54) is 4.90 Å². The van der Waals surface area contributed by atoms with E-state index in [4.69, 9.17) is 9.84 Å². The highest BCUT2D eigenvalue weighted by atomic mass is 16.6. The lowest BCUT2D eigenvalue weighted by Crippen LogP contribution is -2.44. The van der Waals surface area contributed by atoms with Crippen molar-refractivity contribution in [2.75, 3.05) is 11.4 Å². The number of cyclic esters (lactones) is 1. The summed E-state index contributed by atoms with van der Waals surface area (Å²) in [4.78, 5) is 23.8. The normalized spacial score (nSPS) is 19.9. The molecule has 1 aliphatic rings. The molecule has 5 nitrogen and oxygen atoms in total. The van der Waals surface area contributed by atoms with Crippen molar-refractivity contribution in [2.45, 2.75) is 19.4 Å². The number of ether oxygens (including phenoxy) is 1. The van der Waals surface area contributed by atoms with Gasteiger partial charge < -0.3 is 9.84 Å². The van der Waals surface area contributed by atoms with Gasteiger partial charge in [-0.3, -0.25) is 4.90 Å². The van der Waals surface area contributed by atoms with Crippen LogP contribution >= 0.6 is 0 Å². The van der Waals surface area contributed by atoms with Gasteiger partial charge in [0.1, 0.15) is 0 Å². The number of hydrogen-bond donors (Lipinski definition) is 1. The zero-order valence-electron chi connectivity index (χ0n) is 9.42. The number of hydrogen-bond acceptors (Lipinski definition) is 3. The predicted octanol–water partition coefficient (Wildman–Crippen LogP) is 1.79. The number of benzene rings is 1. The van der Waals surface area contributed by atoms with Crippen LogP contribution in [-0.4, -0.2) is 29.8 Å². The van der Waals surface area contributed by atoms with Crippen LogP contribution < -0.4 is 4.90 Å². The smallest absolute Gasteiger partial charge is 0.415 e. The molecule has 1 N–H and O–H groups in total. The zero-order valence-corrected chi connectivity index (χ0v) is 9.42. The lowest BCUT2D eigenvalue weighted by atomic mass is 10.2. The minimum absolute atomic E-state index is 0.301. The van der Waals surface area contributed by atoms with E-state index in [1.54, 1.807) is 0 Å². The number of amides is 1. The van der Waals surface area contributed by atoms with Crippen LogP contribution in [0, 0.1) is 6.92 Å². The molecule has 1 amide bonds. The molecule has 1 aliphatic heterocycles. The van der Waals surface area contributed by atoms with E-state index < -0.39 is 18.2 Å². The predicted molar refractivity (Wildman–Crippen MR) is 61.0 cm³/mol. The Hall–Kier alpha value is -2.04. The number of carboxylic acids is 1. The Morgan fingerprint density at radius 1 is 1.41 bits per heavy atom. The van der Waals surface area contributed by atoms with E-state index in [0.717, 1.165) is 11.3 Å². The fourth-order valence-corrected chi connectivity index (χ4v) is 1.71. The summed E-state index contributed by atoms with van der Waals surface area (Å²) in [5.74, 6) is -1.10. The molecule has 0 spiro atoms. The standard InChI is InChI=1S/C12H13NO4/c1-8-2-4-9(5-3-8)13-7-6-10(11(14)15)17-12(13)16/h2-5,10H,6-7H2,1H3,(H,14,15). The van der Waals surface area contributed by atoms with Gasteiger partial charge in [0.2, 0.25) is 6.10 Å². The second-order valence-corrected chi connectivity index (χ2v) is 3.99. The van der Waals surface area contributed by atoms with E-state index in [-0.39, 0.29) is 0 Å². The molecule has 17 heavy (non-hydrogen) atoms. The number of aryl methyl sites for hydroxylation is 1.